The van der Waals surface area contributed by atoms with Crippen LogP contribution in [-0.2, 0) is 11.8 Å². The molecule has 0 bridgehead atoms. The fourth-order valence-corrected chi connectivity index (χ4v) is 5.35. The van der Waals surface area contributed by atoms with Gasteiger partial charge in [0.2, 0.25) is 5.91 Å². The molecule has 7 nitrogen and oxygen atoms in total. The zero-order chi connectivity index (χ0) is 22.2. The number of aryl methyl sites for hydroxylation is 1. The maximum Gasteiger partial charge on any atom is 0.270 e. The molecule has 4 heterocycles. The fraction of sp³-hybridized carbons (Fsp3) is 0.417. The first-order valence-corrected chi connectivity index (χ1v) is 11.9. The summed E-state index contributed by atoms with van der Waals surface area (Å²) in [7, 11) is 1.93. The quantitative estimate of drug-likeness (QED) is 0.653. The van der Waals surface area contributed by atoms with E-state index in [0.29, 0.717) is 44.8 Å². The second-order valence-corrected chi connectivity index (χ2v) is 9.41. The van der Waals surface area contributed by atoms with E-state index in [1.54, 1.807) is 11.3 Å². The molecule has 2 aromatic heterocycles. The van der Waals surface area contributed by atoms with Gasteiger partial charge in [-0.2, -0.15) is 0 Å². The fourth-order valence-electron chi connectivity index (χ4n) is 4.51. The summed E-state index contributed by atoms with van der Waals surface area (Å²) in [5.41, 5.74) is 2.78. The second kappa shape index (κ2) is 8.50. The first kappa shape index (κ1) is 20.9. The number of fused-ring (bicyclic) bond motifs is 2. The van der Waals surface area contributed by atoms with Gasteiger partial charge in [-0.1, -0.05) is 6.07 Å². The average molecular weight is 454 g/mol. The van der Waals surface area contributed by atoms with Crippen molar-refractivity contribution in [1.82, 2.24) is 14.8 Å². The normalized spacial score (nSPS) is 17.4. The van der Waals surface area contributed by atoms with Crippen molar-refractivity contribution >= 4 is 33.4 Å². The number of amides is 2. The van der Waals surface area contributed by atoms with E-state index in [0.717, 1.165) is 27.3 Å². The monoisotopic (exact) mass is 453 g/mol. The molecular weight excluding hydrogens is 426 g/mol. The Kier molecular flexibility index (Phi) is 5.55. The van der Waals surface area contributed by atoms with Gasteiger partial charge in [0.15, 0.2) is 11.5 Å². The van der Waals surface area contributed by atoms with Crippen LogP contribution in [0, 0.1) is 5.92 Å². The number of likely N-dealkylation sites (tertiary alicyclic amines) is 1. The predicted octanol–water partition coefficient (Wildman–Crippen LogP) is 3.74. The molecule has 1 aromatic carbocycles. The smallest absolute Gasteiger partial charge is 0.270 e. The van der Waals surface area contributed by atoms with Gasteiger partial charge in [0.25, 0.3) is 5.91 Å². The lowest BCUT2D eigenvalue weighted by atomic mass is 9.95. The van der Waals surface area contributed by atoms with Gasteiger partial charge in [0.05, 0.1) is 16.3 Å². The molecule has 1 saturated heterocycles. The number of carbonyl (C=O) groups is 2. The van der Waals surface area contributed by atoms with Crippen LogP contribution in [0.4, 0.5) is 0 Å². The van der Waals surface area contributed by atoms with Crippen molar-refractivity contribution in [3.8, 4) is 11.5 Å². The van der Waals surface area contributed by atoms with Gasteiger partial charge in [-0.25, -0.2) is 0 Å². The lowest BCUT2D eigenvalue weighted by Gasteiger charge is -2.32. The summed E-state index contributed by atoms with van der Waals surface area (Å²) >= 11 is 1.64. The van der Waals surface area contributed by atoms with E-state index >= 15 is 0 Å². The van der Waals surface area contributed by atoms with Crippen LogP contribution in [0.15, 0.2) is 35.7 Å². The number of ether oxygens (including phenoxy) is 2. The molecule has 2 amide bonds. The standard InChI is InChI=1S/C24H27N3O4S/c1-15(17-3-4-20-21(13-17)31-11-10-30-20)25-23(28)16-5-8-27(9-6-16)24(29)19-14-22-18(26(19)2)7-12-32-22/h3-4,7,12-16H,5-6,8-11H2,1-2H3,(H,25,28)/t15-/m0/s1. The van der Waals surface area contributed by atoms with Crippen LogP contribution in [0.2, 0.25) is 0 Å². The van der Waals surface area contributed by atoms with Crippen LogP contribution in [0.1, 0.15) is 41.9 Å². The zero-order valence-electron chi connectivity index (χ0n) is 18.3. The summed E-state index contributed by atoms with van der Waals surface area (Å²) in [5.74, 6) is 1.46. The van der Waals surface area contributed by atoms with E-state index in [-0.39, 0.29) is 23.8 Å². The summed E-state index contributed by atoms with van der Waals surface area (Å²) in [6.45, 7) is 4.25. The molecule has 0 saturated carbocycles. The molecule has 1 fully saturated rings. The molecule has 1 N–H and O–H groups in total. The summed E-state index contributed by atoms with van der Waals surface area (Å²) in [6, 6.07) is 9.67. The molecule has 0 radical (unpaired) electrons. The number of hydrogen-bond donors (Lipinski definition) is 1. The molecule has 0 aliphatic carbocycles. The first-order valence-electron chi connectivity index (χ1n) is 11.0. The molecule has 0 unspecified atom stereocenters. The highest BCUT2D eigenvalue weighted by atomic mass is 32.1. The van der Waals surface area contributed by atoms with Crippen LogP contribution < -0.4 is 14.8 Å². The van der Waals surface area contributed by atoms with Gasteiger partial charge in [0.1, 0.15) is 18.9 Å². The summed E-state index contributed by atoms with van der Waals surface area (Å²) in [4.78, 5) is 27.8. The Morgan fingerprint density at radius 2 is 1.84 bits per heavy atom. The lowest BCUT2D eigenvalue weighted by molar-refractivity contribution is -0.127. The minimum absolute atomic E-state index is 0.0406. The Labute approximate surface area is 190 Å². The summed E-state index contributed by atoms with van der Waals surface area (Å²) in [5, 5.41) is 5.17. The number of benzene rings is 1. The molecule has 0 spiro atoms. The number of rotatable bonds is 4. The van der Waals surface area contributed by atoms with Crippen molar-refractivity contribution in [2.75, 3.05) is 26.3 Å². The van der Waals surface area contributed by atoms with E-state index in [4.69, 9.17) is 9.47 Å². The van der Waals surface area contributed by atoms with Crippen LogP contribution >= 0.6 is 11.3 Å². The third-order valence-electron chi connectivity index (χ3n) is 6.46. The maximum absolute atomic E-state index is 13.0. The average Bonchev–Trinajstić information content (AvgIpc) is 3.41. The Bertz CT molecular complexity index is 1160. The van der Waals surface area contributed by atoms with Gasteiger partial charge < -0.3 is 24.3 Å². The minimum atomic E-state index is -0.130. The van der Waals surface area contributed by atoms with E-state index < -0.39 is 0 Å². The Morgan fingerprint density at radius 3 is 2.59 bits per heavy atom. The Hall–Kier alpha value is -3.00. The molecule has 5 rings (SSSR count). The molecule has 3 aromatic rings. The van der Waals surface area contributed by atoms with E-state index in [1.165, 1.54) is 0 Å². The molecule has 32 heavy (non-hydrogen) atoms. The number of nitrogens with zero attached hydrogens (tertiary/aromatic N) is 2. The van der Waals surface area contributed by atoms with Crippen molar-refractivity contribution in [3.05, 3.63) is 47.0 Å². The van der Waals surface area contributed by atoms with Gasteiger partial charge in [-0.3, -0.25) is 9.59 Å². The molecule has 8 heteroatoms. The summed E-state index contributed by atoms with van der Waals surface area (Å²) < 4.78 is 14.3. The third-order valence-corrected chi connectivity index (χ3v) is 7.31. The Morgan fingerprint density at radius 1 is 1.09 bits per heavy atom. The van der Waals surface area contributed by atoms with Gasteiger partial charge in [-0.05, 0) is 55.0 Å². The predicted molar refractivity (Wildman–Crippen MR) is 123 cm³/mol. The second-order valence-electron chi connectivity index (χ2n) is 8.46. The summed E-state index contributed by atoms with van der Waals surface area (Å²) in [6.07, 6.45) is 1.34. The number of aromatic nitrogens is 1. The Balaban J connectivity index is 1.18. The van der Waals surface area contributed by atoms with Crippen molar-refractivity contribution in [2.45, 2.75) is 25.8 Å². The topological polar surface area (TPSA) is 72.8 Å². The van der Waals surface area contributed by atoms with Gasteiger partial charge in [-0.15, -0.1) is 11.3 Å². The van der Waals surface area contributed by atoms with Crippen LogP contribution in [0.3, 0.4) is 0 Å². The van der Waals surface area contributed by atoms with Crippen molar-refractivity contribution < 1.29 is 19.1 Å². The SMILES string of the molecule is C[C@H](NC(=O)C1CCN(C(=O)c2cc3sccc3n2C)CC1)c1ccc2c(c1)OCCO2. The minimum Gasteiger partial charge on any atom is -0.486 e. The van der Waals surface area contributed by atoms with Crippen LogP contribution in [0.5, 0.6) is 11.5 Å². The van der Waals surface area contributed by atoms with Crippen LogP contribution in [-0.4, -0.2) is 47.6 Å². The zero-order valence-corrected chi connectivity index (χ0v) is 19.1. The molecule has 168 valence electrons. The van der Waals surface area contributed by atoms with Crippen molar-refractivity contribution in [3.63, 3.8) is 0 Å². The number of piperidine rings is 1. The third kappa shape index (κ3) is 3.83. The highest BCUT2D eigenvalue weighted by Gasteiger charge is 2.30. The van der Waals surface area contributed by atoms with Crippen molar-refractivity contribution in [2.24, 2.45) is 13.0 Å². The van der Waals surface area contributed by atoms with E-state index in [1.807, 2.05) is 59.2 Å². The lowest BCUT2D eigenvalue weighted by Crippen LogP contribution is -2.43. The molecule has 1 atom stereocenters. The van der Waals surface area contributed by atoms with Gasteiger partial charge in [0, 0.05) is 26.1 Å². The highest BCUT2D eigenvalue weighted by molar-refractivity contribution is 7.17. The van der Waals surface area contributed by atoms with Crippen molar-refractivity contribution in [1.29, 1.82) is 0 Å². The molecule has 2 aliphatic heterocycles. The largest absolute Gasteiger partial charge is 0.486 e. The maximum atomic E-state index is 13.0. The van der Waals surface area contributed by atoms with E-state index in [2.05, 4.69) is 5.32 Å². The number of carbonyl (C=O) groups excluding carboxylic acids is 2. The van der Waals surface area contributed by atoms with E-state index in [9.17, 15) is 9.59 Å². The number of nitrogens with one attached hydrogen (secondary N) is 1. The first-order chi connectivity index (χ1) is 15.5. The molecule has 2 aliphatic rings. The van der Waals surface area contributed by atoms with Gasteiger partial charge >= 0.3 is 0 Å². The number of thiophene rings is 1. The molecular formula is C24H27N3O4S. The highest BCUT2D eigenvalue weighted by Crippen LogP contribution is 2.33. The number of hydrogen-bond acceptors (Lipinski definition) is 5. The van der Waals surface area contributed by atoms with Crippen LogP contribution in [0.25, 0.3) is 10.2 Å².